The van der Waals surface area contributed by atoms with Gasteiger partial charge in [0.05, 0.1) is 6.10 Å². The maximum atomic E-state index is 10.9. The first-order valence-electron chi connectivity index (χ1n) is 6.48. The van der Waals surface area contributed by atoms with Gasteiger partial charge in [0.1, 0.15) is 6.04 Å². The molecule has 0 aliphatic heterocycles. The molecule has 0 unspecified atom stereocenters. The molecule has 2 N–H and O–H groups in total. The molecule has 0 radical (unpaired) electrons. The van der Waals surface area contributed by atoms with Gasteiger partial charge in [-0.15, -0.1) is 10.2 Å². The second kappa shape index (κ2) is 5.92. The first-order valence-corrected chi connectivity index (χ1v) is 9.39. The normalized spacial score (nSPS) is 15.7. The van der Waals surface area contributed by atoms with Crippen LogP contribution >= 0.6 is 0 Å². The van der Waals surface area contributed by atoms with E-state index in [0.29, 0.717) is 0 Å². The van der Waals surface area contributed by atoms with Gasteiger partial charge in [-0.05, 0) is 25.1 Å². The van der Waals surface area contributed by atoms with Crippen molar-refractivity contribution in [3.8, 4) is 0 Å². The highest BCUT2D eigenvalue weighted by Crippen LogP contribution is 2.38. The highest BCUT2D eigenvalue weighted by molar-refractivity contribution is 6.74. The molecule has 7 nitrogen and oxygen atoms in total. The molecule has 0 saturated carbocycles. The Labute approximate surface area is 119 Å². The van der Waals surface area contributed by atoms with Crippen LogP contribution in [0.2, 0.25) is 18.1 Å². The molecular weight excluding hydrogens is 278 g/mol. The summed E-state index contributed by atoms with van der Waals surface area (Å²) >= 11 is 0. The number of nitrogens with one attached hydrogen (secondary N) is 1. The van der Waals surface area contributed by atoms with Gasteiger partial charge in [0, 0.05) is 0 Å². The molecule has 0 saturated heterocycles. The fraction of sp³-hybridized carbons (Fsp3) is 0.750. The highest BCUT2D eigenvalue weighted by Gasteiger charge is 2.41. The molecule has 1 heterocycles. The number of nitrogens with zero attached hydrogens (tertiary/aromatic N) is 2. The Hall–Kier alpha value is -1.41. The molecule has 114 valence electrons. The minimum Gasteiger partial charge on any atom is -0.465 e. The number of carbonyl (C=O) groups is 1. The zero-order valence-corrected chi connectivity index (χ0v) is 13.8. The number of aromatic nitrogens is 2. The lowest BCUT2D eigenvalue weighted by Crippen LogP contribution is -2.47. The van der Waals surface area contributed by atoms with Gasteiger partial charge in [-0.3, -0.25) is 0 Å². The van der Waals surface area contributed by atoms with E-state index in [9.17, 15) is 4.79 Å². The van der Waals surface area contributed by atoms with Crippen LogP contribution in [-0.2, 0) is 4.43 Å². The standard InChI is InChI=1S/C12H23N3O4Si/c1-8(19-20(5,6)12(2,3)4)9(14-11(16)17)10-15-13-7-18-10/h7-9,14H,1-6H3,(H,16,17)/t8-,9+/m1/s1. The van der Waals surface area contributed by atoms with Crippen LogP contribution in [0.15, 0.2) is 10.8 Å². The largest absolute Gasteiger partial charge is 0.465 e. The Morgan fingerprint density at radius 3 is 2.50 bits per heavy atom. The predicted octanol–water partition coefficient (Wildman–Crippen LogP) is 2.79. The SMILES string of the molecule is C[C@@H](O[Si](C)(C)C(C)(C)C)[C@H](NC(=O)O)c1nnco1. The van der Waals surface area contributed by atoms with E-state index in [4.69, 9.17) is 13.9 Å². The summed E-state index contributed by atoms with van der Waals surface area (Å²) in [6.45, 7) is 12.4. The van der Waals surface area contributed by atoms with Crippen molar-refractivity contribution in [1.29, 1.82) is 0 Å². The lowest BCUT2D eigenvalue weighted by Gasteiger charge is -2.39. The summed E-state index contributed by atoms with van der Waals surface area (Å²) in [4.78, 5) is 10.9. The van der Waals surface area contributed by atoms with Crippen LogP contribution in [0.5, 0.6) is 0 Å². The Morgan fingerprint density at radius 1 is 1.50 bits per heavy atom. The predicted molar refractivity (Wildman–Crippen MR) is 75.9 cm³/mol. The number of carboxylic acid groups (broad SMARTS) is 1. The molecule has 1 rings (SSSR count). The van der Waals surface area contributed by atoms with Gasteiger partial charge in [0.25, 0.3) is 0 Å². The summed E-state index contributed by atoms with van der Waals surface area (Å²) in [5.74, 6) is 0.207. The zero-order chi connectivity index (χ0) is 15.6. The molecule has 8 heteroatoms. The number of hydrogen-bond donors (Lipinski definition) is 2. The van der Waals surface area contributed by atoms with Gasteiger partial charge in [-0.2, -0.15) is 0 Å². The van der Waals surface area contributed by atoms with E-state index in [2.05, 4.69) is 49.4 Å². The third kappa shape index (κ3) is 4.04. The first kappa shape index (κ1) is 16.6. The van der Waals surface area contributed by atoms with E-state index in [-0.39, 0.29) is 10.9 Å². The van der Waals surface area contributed by atoms with Crippen LogP contribution in [0.3, 0.4) is 0 Å². The van der Waals surface area contributed by atoms with Gasteiger partial charge in [-0.25, -0.2) is 4.79 Å². The molecule has 1 amide bonds. The van der Waals surface area contributed by atoms with Crippen LogP contribution in [0, 0.1) is 0 Å². The summed E-state index contributed by atoms with van der Waals surface area (Å²) < 4.78 is 11.3. The Bertz CT molecular complexity index is 442. The molecule has 0 aliphatic carbocycles. The van der Waals surface area contributed by atoms with Crippen molar-refractivity contribution in [2.24, 2.45) is 0 Å². The summed E-state index contributed by atoms with van der Waals surface area (Å²) in [7, 11) is -2.02. The molecule has 1 aromatic rings. The minimum atomic E-state index is -2.02. The average molecular weight is 301 g/mol. The molecule has 1 aromatic heterocycles. The first-order chi connectivity index (χ1) is 9.04. The molecule has 0 spiro atoms. The molecule has 2 atom stereocenters. The molecule has 0 aromatic carbocycles. The smallest absolute Gasteiger partial charge is 0.405 e. The summed E-state index contributed by atoms with van der Waals surface area (Å²) in [5, 5.41) is 18.7. The average Bonchev–Trinajstić information content (AvgIpc) is 2.76. The lowest BCUT2D eigenvalue weighted by molar-refractivity contribution is 0.127. The van der Waals surface area contributed by atoms with Gasteiger partial charge in [0.15, 0.2) is 8.32 Å². The van der Waals surface area contributed by atoms with Crippen LogP contribution in [0.25, 0.3) is 0 Å². The molecular formula is C12H23N3O4Si. The summed E-state index contributed by atoms with van der Waals surface area (Å²) in [6.07, 6.45) is -0.378. The highest BCUT2D eigenvalue weighted by atomic mass is 28.4. The van der Waals surface area contributed by atoms with Crippen molar-refractivity contribution in [2.45, 2.75) is 58.0 Å². The van der Waals surface area contributed by atoms with E-state index < -0.39 is 26.6 Å². The number of rotatable bonds is 5. The zero-order valence-electron chi connectivity index (χ0n) is 12.8. The molecule has 0 fully saturated rings. The van der Waals surface area contributed by atoms with Crippen molar-refractivity contribution in [3.05, 3.63) is 12.3 Å². The molecule has 0 aliphatic rings. The van der Waals surface area contributed by atoms with E-state index in [1.807, 2.05) is 6.92 Å². The Morgan fingerprint density at radius 2 is 2.10 bits per heavy atom. The van der Waals surface area contributed by atoms with Crippen molar-refractivity contribution in [1.82, 2.24) is 15.5 Å². The van der Waals surface area contributed by atoms with Crippen LogP contribution in [0.4, 0.5) is 4.79 Å². The monoisotopic (exact) mass is 301 g/mol. The summed E-state index contributed by atoms with van der Waals surface area (Å²) in [6, 6.07) is -0.677. The quantitative estimate of drug-likeness (QED) is 0.812. The number of hydrogen-bond acceptors (Lipinski definition) is 5. The maximum absolute atomic E-state index is 10.9. The van der Waals surface area contributed by atoms with E-state index in [0.717, 1.165) is 0 Å². The maximum Gasteiger partial charge on any atom is 0.405 e. The van der Waals surface area contributed by atoms with E-state index in [1.165, 1.54) is 6.39 Å². The van der Waals surface area contributed by atoms with Crippen LogP contribution in [-0.4, -0.2) is 35.8 Å². The van der Waals surface area contributed by atoms with Crippen molar-refractivity contribution in [2.75, 3.05) is 0 Å². The van der Waals surface area contributed by atoms with Gasteiger partial charge in [0.2, 0.25) is 12.3 Å². The van der Waals surface area contributed by atoms with Crippen molar-refractivity contribution >= 4 is 14.4 Å². The molecule has 20 heavy (non-hydrogen) atoms. The lowest BCUT2D eigenvalue weighted by atomic mass is 10.2. The number of amides is 1. The van der Waals surface area contributed by atoms with Crippen LogP contribution < -0.4 is 5.32 Å². The van der Waals surface area contributed by atoms with Crippen molar-refractivity contribution in [3.63, 3.8) is 0 Å². The second-order valence-corrected chi connectivity index (χ2v) is 11.0. The topological polar surface area (TPSA) is 97.5 Å². The van der Waals surface area contributed by atoms with E-state index in [1.54, 1.807) is 0 Å². The Kier molecular flexibility index (Phi) is 4.93. The summed E-state index contributed by atoms with van der Waals surface area (Å²) in [5.41, 5.74) is 0. The fourth-order valence-electron chi connectivity index (χ4n) is 1.54. The Balaban J connectivity index is 2.90. The third-order valence-electron chi connectivity index (χ3n) is 3.68. The fourth-order valence-corrected chi connectivity index (χ4v) is 2.96. The van der Waals surface area contributed by atoms with E-state index >= 15 is 0 Å². The minimum absolute atomic E-state index is 0.0316. The van der Waals surface area contributed by atoms with Gasteiger partial charge >= 0.3 is 6.09 Å². The van der Waals surface area contributed by atoms with Gasteiger partial charge in [-0.1, -0.05) is 20.8 Å². The molecule has 0 bridgehead atoms. The van der Waals surface area contributed by atoms with Gasteiger partial charge < -0.3 is 19.3 Å². The third-order valence-corrected chi connectivity index (χ3v) is 8.25. The second-order valence-electron chi connectivity index (χ2n) is 6.29. The van der Waals surface area contributed by atoms with Crippen molar-refractivity contribution < 1.29 is 18.7 Å². The van der Waals surface area contributed by atoms with Crippen LogP contribution in [0.1, 0.15) is 39.6 Å².